The average molecular weight is 197 g/mol. The molecule has 0 saturated heterocycles. The van der Waals surface area contributed by atoms with Crippen LogP contribution in [0.3, 0.4) is 0 Å². The van der Waals surface area contributed by atoms with Gasteiger partial charge in [-0.25, -0.2) is 0 Å². The summed E-state index contributed by atoms with van der Waals surface area (Å²) in [7, 11) is 0. The van der Waals surface area contributed by atoms with Gasteiger partial charge in [0, 0.05) is 13.1 Å². The van der Waals surface area contributed by atoms with E-state index >= 15 is 0 Å². The first-order valence-corrected chi connectivity index (χ1v) is 5.45. The minimum Gasteiger partial charge on any atom is -0.423 e. The van der Waals surface area contributed by atoms with Gasteiger partial charge in [-0.3, -0.25) is 0 Å². The van der Waals surface area contributed by atoms with E-state index in [-0.39, 0.29) is 18.9 Å². The van der Waals surface area contributed by atoms with Crippen molar-refractivity contribution in [2.24, 2.45) is 0 Å². The Kier molecular flexibility index (Phi) is 7.47. The Bertz CT molecular complexity index is 267. The van der Waals surface area contributed by atoms with Crippen molar-refractivity contribution in [1.29, 1.82) is 0 Å². The first-order chi connectivity index (χ1) is 6.79. The molecule has 0 radical (unpaired) electrons. The second-order valence-corrected chi connectivity index (χ2v) is 3.62. The third-order valence-electron chi connectivity index (χ3n) is 2.32. The normalized spacial score (nSPS) is 9.47. The zero-order valence-electron chi connectivity index (χ0n) is 10.3. The van der Waals surface area contributed by atoms with Gasteiger partial charge in [0.05, 0.1) is 0 Å². The van der Waals surface area contributed by atoms with Gasteiger partial charge in [-0.05, 0) is 12.8 Å². The molecule has 0 fully saturated rings. The number of hydrogen-bond donors (Lipinski definition) is 0. The Morgan fingerprint density at radius 3 is 2.07 bits per heavy atom. The van der Waals surface area contributed by atoms with Gasteiger partial charge < -0.3 is 4.90 Å². The largest absolute Gasteiger partial charge is 1.00 e. The predicted molar refractivity (Wildman–Crippen MR) is 63.7 cm³/mol. The van der Waals surface area contributed by atoms with Crippen molar-refractivity contribution in [1.82, 2.24) is 0 Å². The molecule has 78 valence electrons. The molecule has 0 atom stereocenters. The molecule has 1 aromatic rings. The smallest absolute Gasteiger partial charge is 0.423 e. The summed E-state index contributed by atoms with van der Waals surface area (Å²) in [5.74, 6) is 0. The van der Waals surface area contributed by atoms with E-state index in [1.807, 2.05) is 6.07 Å². The van der Waals surface area contributed by atoms with Crippen LogP contribution in [-0.4, -0.2) is 13.1 Å². The molecule has 0 amide bonds. The van der Waals surface area contributed by atoms with E-state index in [0.29, 0.717) is 0 Å². The topological polar surface area (TPSA) is 3.24 Å². The summed E-state index contributed by atoms with van der Waals surface area (Å²) in [5, 5.41) is 0. The van der Waals surface area contributed by atoms with Crippen LogP contribution in [0, 0.1) is 6.92 Å². The number of rotatable bonds is 5. The van der Waals surface area contributed by atoms with Crippen LogP contribution in [0.4, 0.5) is 5.69 Å². The van der Waals surface area contributed by atoms with Gasteiger partial charge in [-0.1, -0.05) is 31.7 Å². The molecule has 0 unspecified atom stereocenters. The van der Waals surface area contributed by atoms with E-state index in [0.717, 1.165) is 18.7 Å². The van der Waals surface area contributed by atoms with Gasteiger partial charge in [0.25, 0.3) is 0 Å². The van der Waals surface area contributed by atoms with E-state index in [9.17, 15) is 0 Å². The third-order valence-corrected chi connectivity index (χ3v) is 2.32. The van der Waals surface area contributed by atoms with Gasteiger partial charge in [-0.2, -0.15) is 18.6 Å². The fourth-order valence-corrected chi connectivity index (χ4v) is 1.71. The van der Waals surface area contributed by atoms with Crippen molar-refractivity contribution in [2.45, 2.75) is 26.7 Å². The van der Waals surface area contributed by atoms with Crippen LogP contribution >= 0.6 is 0 Å². The fraction of sp³-hybridized carbons (Fsp3) is 0.462. The molecule has 0 aliphatic heterocycles. The molecule has 0 bridgehead atoms. The minimum atomic E-state index is 0. The van der Waals surface area contributed by atoms with Crippen LogP contribution in [0.2, 0.25) is 0 Å². The van der Waals surface area contributed by atoms with Gasteiger partial charge in [0.1, 0.15) is 0 Å². The van der Waals surface area contributed by atoms with Gasteiger partial charge in [0.2, 0.25) is 0 Å². The second-order valence-electron chi connectivity index (χ2n) is 3.62. The Balaban J connectivity index is 0.00000196. The molecule has 1 aromatic carbocycles. The van der Waals surface area contributed by atoms with Crippen molar-refractivity contribution in [3.63, 3.8) is 0 Å². The molecule has 0 aliphatic carbocycles. The van der Waals surface area contributed by atoms with Crippen LogP contribution in [0.5, 0.6) is 0 Å². The summed E-state index contributed by atoms with van der Waals surface area (Å²) in [5.41, 5.74) is 2.42. The van der Waals surface area contributed by atoms with Crippen LogP contribution in [0.25, 0.3) is 0 Å². The molecular formula is C13H20LiN. The van der Waals surface area contributed by atoms with Crippen molar-refractivity contribution in [2.75, 3.05) is 18.0 Å². The molecule has 15 heavy (non-hydrogen) atoms. The monoisotopic (exact) mass is 197 g/mol. The number of nitrogens with zero attached hydrogens (tertiary/aromatic N) is 1. The number of benzene rings is 1. The number of hydrogen-bond acceptors (Lipinski definition) is 1. The fourth-order valence-electron chi connectivity index (χ4n) is 1.71. The maximum Gasteiger partial charge on any atom is 1.00 e. The molecule has 1 nitrogen and oxygen atoms in total. The molecule has 0 aliphatic rings. The molecule has 2 heteroatoms. The van der Waals surface area contributed by atoms with E-state index in [1.165, 1.54) is 18.5 Å². The van der Waals surface area contributed by atoms with Gasteiger partial charge >= 0.3 is 18.9 Å². The average Bonchev–Trinajstić information content (AvgIpc) is 2.18. The van der Waals surface area contributed by atoms with Crippen LogP contribution < -0.4 is 23.8 Å². The van der Waals surface area contributed by atoms with E-state index < -0.39 is 0 Å². The number of para-hydroxylation sites is 1. The standard InChI is InChI=1S/C13H20N.Li/c1-4-10-14(11-5-2)13-9-7-6-8-12(13)3;/h6-9H,3-5,10-11H2,1-2H3;/q-1;+1. The Hall–Kier alpha value is -0.513. The quantitative estimate of drug-likeness (QED) is 0.491. The molecular weight excluding hydrogens is 177 g/mol. The van der Waals surface area contributed by atoms with Gasteiger partial charge in [0.15, 0.2) is 0 Å². The van der Waals surface area contributed by atoms with Crippen molar-refractivity contribution >= 4 is 5.69 Å². The van der Waals surface area contributed by atoms with Crippen LogP contribution in [-0.2, 0) is 0 Å². The molecule has 0 spiro atoms. The summed E-state index contributed by atoms with van der Waals surface area (Å²) in [6, 6.07) is 8.37. The minimum absolute atomic E-state index is 0. The van der Waals surface area contributed by atoms with E-state index in [2.05, 4.69) is 43.9 Å². The van der Waals surface area contributed by atoms with E-state index in [4.69, 9.17) is 0 Å². The summed E-state index contributed by atoms with van der Waals surface area (Å²) in [6.07, 6.45) is 2.38. The number of anilines is 1. The zero-order valence-corrected chi connectivity index (χ0v) is 10.3. The van der Waals surface area contributed by atoms with Crippen molar-refractivity contribution in [3.8, 4) is 0 Å². The Morgan fingerprint density at radius 2 is 1.60 bits per heavy atom. The summed E-state index contributed by atoms with van der Waals surface area (Å²) >= 11 is 0. The van der Waals surface area contributed by atoms with Gasteiger partial charge in [-0.15, -0.1) is 6.07 Å². The maximum atomic E-state index is 4.06. The molecule has 0 saturated carbocycles. The van der Waals surface area contributed by atoms with Crippen LogP contribution in [0.15, 0.2) is 24.3 Å². The predicted octanol–water partition coefficient (Wildman–Crippen LogP) is 0.499. The maximum absolute atomic E-state index is 4.06. The molecule has 0 N–H and O–H groups in total. The summed E-state index contributed by atoms with van der Waals surface area (Å²) < 4.78 is 0. The molecule has 0 heterocycles. The summed E-state index contributed by atoms with van der Waals surface area (Å²) in [4.78, 5) is 2.42. The summed E-state index contributed by atoms with van der Waals surface area (Å²) in [6.45, 7) is 10.7. The second kappa shape index (κ2) is 7.74. The SMILES string of the molecule is [CH2-]c1ccccc1N(CCC)CCC.[Li+]. The van der Waals surface area contributed by atoms with Crippen molar-refractivity contribution in [3.05, 3.63) is 36.8 Å². The first-order valence-electron chi connectivity index (χ1n) is 5.45. The first kappa shape index (κ1) is 14.5. The van der Waals surface area contributed by atoms with Crippen molar-refractivity contribution < 1.29 is 18.9 Å². The van der Waals surface area contributed by atoms with E-state index in [1.54, 1.807) is 0 Å². The molecule has 0 aromatic heterocycles. The van der Waals surface area contributed by atoms with Crippen LogP contribution in [0.1, 0.15) is 32.3 Å². The zero-order chi connectivity index (χ0) is 10.4. The third kappa shape index (κ3) is 4.24. The Morgan fingerprint density at radius 1 is 1.07 bits per heavy atom. The Labute approximate surface area is 106 Å². The molecule has 1 rings (SSSR count).